The zero-order chi connectivity index (χ0) is 31.8. The number of hydrogen-bond acceptors (Lipinski definition) is 10. The number of halogens is 1. The molecule has 43 heavy (non-hydrogen) atoms. The summed E-state index contributed by atoms with van der Waals surface area (Å²) < 4.78 is 48.7. The van der Waals surface area contributed by atoms with Gasteiger partial charge in [0.15, 0.2) is 5.54 Å². The number of fused-ring (bicyclic) bond motifs is 3. The highest BCUT2D eigenvalue weighted by molar-refractivity contribution is 5.94. The van der Waals surface area contributed by atoms with Crippen LogP contribution in [0.25, 0.3) is 0 Å². The Morgan fingerprint density at radius 1 is 1.00 bits per heavy atom. The van der Waals surface area contributed by atoms with Crippen molar-refractivity contribution in [3.05, 3.63) is 25.3 Å². The van der Waals surface area contributed by atoms with Gasteiger partial charge in [-0.25, -0.2) is 23.6 Å². The first kappa shape index (κ1) is 32.8. The van der Waals surface area contributed by atoms with E-state index in [4.69, 9.17) is 28.4 Å². The van der Waals surface area contributed by atoms with Crippen molar-refractivity contribution in [3.8, 4) is 0 Å². The number of hydrogen-bond donors (Lipinski definition) is 1. The molecule has 12 heteroatoms. The third kappa shape index (κ3) is 5.40. The maximum Gasteiger partial charge on any atom is 0.511 e. The Labute approximate surface area is 251 Å². The third-order valence-electron chi connectivity index (χ3n) is 10.4. The van der Waals surface area contributed by atoms with Crippen molar-refractivity contribution in [3.63, 3.8) is 0 Å². The fraction of sp³-hybridized carbons (Fsp3) is 0.742. The minimum Gasteiger partial charge on any atom is -0.459 e. The van der Waals surface area contributed by atoms with Gasteiger partial charge in [-0.05, 0) is 43.4 Å². The monoisotopic (exact) mass is 609 g/mol. The highest BCUT2D eigenvalue weighted by Gasteiger charge is 2.87. The topological polar surface area (TPSA) is 136 Å². The minimum absolute atomic E-state index is 0.00322. The summed E-state index contributed by atoms with van der Waals surface area (Å²) in [5.41, 5.74) is -5.01. The van der Waals surface area contributed by atoms with E-state index in [0.717, 1.165) is 12.8 Å². The molecule has 1 N–H and O–H groups in total. The van der Waals surface area contributed by atoms with Crippen molar-refractivity contribution in [2.24, 2.45) is 28.6 Å². The number of esters is 2. The molecule has 2 bridgehead atoms. The molecule has 4 rings (SSSR count). The lowest BCUT2D eigenvalue weighted by Gasteiger charge is -2.38. The maximum atomic E-state index is 16.2. The molecule has 0 spiro atoms. The molecule has 1 amide bonds. The Morgan fingerprint density at radius 3 is 2.26 bits per heavy atom. The first-order chi connectivity index (χ1) is 20.2. The number of ether oxygens (including phenoxy) is 6. The standard InChI is InChI=1S/C31H44FNO10/c1-8-13-38-22-17-20-23(30(20,32)24(34)39-14-9-2)31(22,33-26(36)40-15-10-3)25(35)41-18(4)42-27(37)43-21-16-19-11-12-29(21,7)28(19,5)6/h9-10,18-23H,2-3,8,11-17H2,1,4-7H3,(H,33,36)/t18?,19-,20+,21+,22+,23-,29+,30+,31-/m0/s1. The van der Waals surface area contributed by atoms with E-state index >= 15 is 4.39 Å². The van der Waals surface area contributed by atoms with Gasteiger partial charge >= 0.3 is 24.2 Å². The Hall–Kier alpha value is -3.15. The van der Waals surface area contributed by atoms with E-state index < -0.39 is 59.6 Å². The van der Waals surface area contributed by atoms with Crippen molar-refractivity contribution in [2.75, 3.05) is 19.8 Å². The molecular weight excluding hydrogens is 565 g/mol. The van der Waals surface area contributed by atoms with Gasteiger partial charge in [-0.2, -0.15) is 0 Å². The zero-order valence-electron chi connectivity index (χ0n) is 25.7. The van der Waals surface area contributed by atoms with Crippen LogP contribution in [-0.2, 0) is 38.0 Å². The molecule has 9 atom stereocenters. The molecule has 0 aliphatic heterocycles. The fourth-order valence-electron chi connectivity index (χ4n) is 7.65. The number of carbonyl (C=O) groups excluding carboxylic acids is 4. The van der Waals surface area contributed by atoms with Crippen LogP contribution in [0.5, 0.6) is 0 Å². The van der Waals surface area contributed by atoms with Crippen LogP contribution in [0.1, 0.15) is 66.7 Å². The van der Waals surface area contributed by atoms with Crippen LogP contribution >= 0.6 is 0 Å². The number of rotatable bonds is 13. The molecule has 0 radical (unpaired) electrons. The molecular formula is C31H44FNO10. The van der Waals surface area contributed by atoms with E-state index in [0.29, 0.717) is 18.8 Å². The summed E-state index contributed by atoms with van der Waals surface area (Å²) >= 11 is 0. The third-order valence-corrected chi connectivity index (χ3v) is 10.4. The summed E-state index contributed by atoms with van der Waals surface area (Å²) in [5, 5.41) is 2.45. The van der Waals surface area contributed by atoms with Gasteiger partial charge in [0, 0.05) is 30.8 Å². The SMILES string of the molecule is C=CCOC(=O)N[C@@]1(C(=O)OC(C)OC(=O)O[C@@H]2C[C@@H]3CC[C@@]2(C)C3(C)C)[C@H](OCCC)C[C@@H]2[C@H]1[C@@]2(F)C(=O)OCC=C. The van der Waals surface area contributed by atoms with Crippen LogP contribution in [0.4, 0.5) is 14.0 Å². The quantitative estimate of drug-likeness (QED) is 0.135. The van der Waals surface area contributed by atoms with E-state index in [1.807, 2.05) is 6.92 Å². The summed E-state index contributed by atoms with van der Waals surface area (Å²) in [5.74, 6) is -4.32. The van der Waals surface area contributed by atoms with Gasteiger partial charge < -0.3 is 33.7 Å². The number of carbonyl (C=O) groups is 4. The molecule has 0 aromatic carbocycles. The largest absolute Gasteiger partial charge is 0.511 e. The van der Waals surface area contributed by atoms with Gasteiger partial charge in [-0.1, -0.05) is 53.0 Å². The van der Waals surface area contributed by atoms with Gasteiger partial charge in [0.25, 0.3) is 0 Å². The van der Waals surface area contributed by atoms with Crippen molar-refractivity contribution in [1.82, 2.24) is 5.32 Å². The predicted octanol–water partition coefficient (Wildman–Crippen LogP) is 4.78. The molecule has 4 aliphatic carbocycles. The summed E-state index contributed by atoms with van der Waals surface area (Å²) in [6, 6.07) is 0. The van der Waals surface area contributed by atoms with Crippen molar-refractivity contribution < 1.29 is 52.0 Å². The van der Waals surface area contributed by atoms with Crippen LogP contribution in [0, 0.1) is 28.6 Å². The normalized spacial score (nSPS) is 36.9. The van der Waals surface area contributed by atoms with E-state index in [2.05, 4.69) is 39.2 Å². The van der Waals surface area contributed by atoms with E-state index in [1.165, 1.54) is 19.1 Å². The highest BCUT2D eigenvalue weighted by atomic mass is 19.1. The molecule has 1 unspecified atom stereocenters. The lowest BCUT2D eigenvalue weighted by Crippen LogP contribution is -2.65. The van der Waals surface area contributed by atoms with Crippen LogP contribution in [0.3, 0.4) is 0 Å². The van der Waals surface area contributed by atoms with Gasteiger partial charge in [-0.15, -0.1) is 0 Å². The second-order valence-electron chi connectivity index (χ2n) is 12.8. The van der Waals surface area contributed by atoms with Gasteiger partial charge in [0.2, 0.25) is 12.0 Å². The van der Waals surface area contributed by atoms with Crippen molar-refractivity contribution in [2.45, 2.75) is 96.4 Å². The van der Waals surface area contributed by atoms with E-state index in [-0.39, 0.29) is 43.2 Å². The van der Waals surface area contributed by atoms with Crippen LogP contribution in [-0.4, -0.2) is 73.7 Å². The molecule has 11 nitrogen and oxygen atoms in total. The lowest BCUT2D eigenvalue weighted by atomic mass is 9.70. The van der Waals surface area contributed by atoms with Crippen molar-refractivity contribution in [1.29, 1.82) is 0 Å². The second-order valence-corrected chi connectivity index (χ2v) is 12.8. The molecule has 0 aromatic rings. The summed E-state index contributed by atoms with van der Waals surface area (Å²) in [4.78, 5) is 52.3. The molecule has 0 saturated heterocycles. The Balaban J connectivity index is 1.53. The van der Waals surface area contributed by atoms with Crippen LogP contribution in [0.15, 0.2) is 25.3 Å². The first-order valence-corrected chi connectivity index (χ1v) is 15.0. The Kier molecular flexibility index (Phi) is 9.21. The van der Waals surface area contributed by atoms with Crippen molar-refractivity contribution >= 4 is 24.2 Å². The summed E-state index contributed by atoms with van der Waals surface area (Å²) in [6.07, 6.45) is 0.790. The lowest BCUT2D eigenvalue weighted by molar-refractivity contribution is -0.186. The van der Waals surface area contributed by atoms with Crippen LogP contribution in [0.2, 0.25) is 0 Å². The molecule has 0 heterocycles. The number of alkyl carbamates (subject to hydrolysis) is 1. The number of nitrogens with one attached hydrogen (secondary N) is 1. The molecule has 0 aromatic heterocycles. The van der Waals surface area contributed by atoms with Gasteiger partial charge in [0.05, 0.1) is 6.10 Å². The zero-order valence-corrected chi connectivity index (χ0v) is 25.7. The van der Waals surface area contributed by atoms with E-state index in [1.54, 1.807) is 0 Å². The van der Waals surface area contributed by atoms with Gasteiger partial charge in [0.1, 0.15) is 19.3 Å². The molecule has 4 fully saturated rings. The Bertz CT molecular complexity index is 1140. The predicted molar refractivity (Wildman–Crippen MR) is 150 cm³/mol. The molecule has 4 saturated carbocycles. The highest BCUT2D eigenvalue weighted by Crippen LogP contribution is 2.69. The summed E-state index contributed by atoms with van der Waals surface area (Å²) in [7, 11) is 0. The van der Waals surface area contributed by atoms with Gasteiger partial charge in [-0.3, -0.25) is 0 Å². The molecule has 240 valence electrons. The summed E-state index contributed by atoms with van der Waals surface area (Å²) in [6.45, 7) is 16.3. The number of amides is 1. The Morgan fingerprint density at radius 2 is 1.67 bits per heavy atom. The second kappa shape index (κ2) is 12.1. The van der Waals surface area contributed by atoms with E-state index in [9.17, 15) is 19.2 Å². The average Bonchev–Trinajstić information content (AvgIpc) is 3.18. The minimum atomic E-state index is -2.60. The molecule has 4 aliphatic rings. The van der Waals surface area contributed by atoms with Crippen LogP contribution < -0.4 is 5.32 Å². The number of alkyl halides is 1. The first-order valence-electron chi connectivity index (χ1n) is 15.0. The maximum absolute atomic E-state index is 16.2. The average molecular weight is 610 g/mol. The fourth-order valence-corrected chi connectivity index (χ4v) is 7.65. The smallest absolute Gasteiger partial charge is 0.459 e.